The predicted molar refractivity (Wildman–Crippen MR) is 66.3 cm³/mol. The molecule has 5 heteroatoms. The van der Waals surface area contributed by atoms with Crippen LogP contribution in [0.2, 0.25) is 0 Å². The molecule has 1 amide bonds. The fourth-order valence-corrected chi connectivity index (χ4v) is 1.39. The Bertz CT molecular complexity index is 456. The molecule has 1 aromatic rings. The van der Waals surface area contributed by atoms with E-state index in [-0.39, 0.29) is 12.5 Å². The highest BCUT2D eigenvalue weighted by Gasteiger charge is 2.16. The number of nitrogens with one attached hydrogen (secondary N) is 1. The standard InChI is InChI=1S/C13H17NO4/c1-8-4-5-10(6-9(8)2)12(16)14-7-11(15)13(17)18-3/h4-6,11,15H,7H2,1-3H3,(H,14,16). The molecule has 0 radical (unpaired) electrons. The van der Waals surface area contributed by atoms with Crippen LogP contribution < -0.4 is 5.32 Å². The van der Waals surface area contributed by atoms with E-state index in [4.69, 9.17) is 0 Å². The van der Waals surface area contributed by atoms with Crippen molar-refractivity contribution in [2.45, 2.75) is 20.0 Å². The van der Waals surface area contributed by atoms with Gasteiger partial charge in [-0.3, -0.25) is 4.79 Å². The number of amides is 1. The first-order chi connectivity index (χ1) is 8.45. The molecule has 0 bridgehead atoms. The highest BCUT2D eigenvalue weighted by molar-refractivity contribution is 5.94. The molecule has 2 N–H and O–H groups in total. The maximum absolute atomic E-state index is 11.7. The third-order valence-electron chi connectivity index (χ3n) is 2.70. The first-order valence-corrected chi connectivity index (χ1v) is 5.57. The van der Waals surface area contributed by atoms with E-state index in [1.165, 1.54) is 7.11 Å². The largest absolute Gasteiger partial charge is 0.467 e. The summed E-state index contributed by atoms with van der Waals surface area (Å²) in [6, 6.07) is 5.30. The summed E-state index contributed by atoms with van der Waals surface area (Å²) in [4.78, 5) is 22.7. The number of aliphatic hydroxyl groups is 1. The third kappa shape index (κ3) is 3.56. The highest BCUT2D eigenvalue weighted by atomic mass is 16.5. The molecule has 5 nitrogen and oxygen atoms in total. The summed E-state index contributed by atoms with van der Waals surface area (Å²) < 4.78 is 4.34. The maximum atomic E-state index is 11.7. The van der Waals surface area contributed by atoms with E-state index in [1.54, 1.807) is 12.1 Å². The molecule has 0 spiro atoms. The van der Waals surface area contributed by atoms with Gasteiger partial charge in [-0.15, -0.1) is 0 Å². The Hall–Kier alpha value is -1.88. The lowest BCUT2D eigenvalue weighted by molar-refractivity contribution is -0.149. The third-order valence-corrected chi connectivity index (χ3v) is 2.70. The lowest BCUT2D eigenvalue weighted by atomic mass is 10.1. The fourth-order valence-electron chi connectivity index (χ4n) is 1.39. The monoisotopic (exact) mass is 251 g/mol. The summed E-state index contributed by atoms with van der Waals surface area (Å²) in [5.41, 5.74) is 2.60. The van der Waals surface area contributed by atoms with E-state index in [0.29, 0.717) is 5.56 Å². The zero-order valence-electron chi connectivity index (χ0n) is 10.7. The molecule has 18 heavy (non-hydrogen) atoms. The van der Waals surface area contributed by atoms with Crippen LogP contribution in [0.15, 0.2) is 18.2 Å². The second-order valence-corrected chi connectivity index (χ2v) is 4.05. The van der Waals surface area contributed by atoms with Crippen LogP contribution in [-0.4, -0.2) is 36.7 Å². The number of carbonyl (C=O) groups excluding carboxylic acids is 2. The minimum absolute atomic E-state index is 0.168. The molecule has 0 fully saturated rings. The van der Waals surface area contributed by atoms with Gasteiger partial charge in [-0.2, -0.15) is 0 Å². The smallest absolute Gasteiger partial charge is 0.336 e. The molecular formula is C13H17NO4. The quantitative estimate of drug-likeness (QED) is 0.767. The second kappa shape index (κ2) is 6.16. The van der Waals surface area contributed by atoms with Crippen LogP contribution in [0.25, 0.3) is 0 Å². The predicted octanol–water partition coefficient (Wildman–Crippen LogP) is 0.567. The highest BCUT2D eigenvalue weighted by Crippen LogP contribution is 2.09. The van der Waals surface area contributed by atoms with E-state index >= 15 is 0 Å². The Balaban J connectivity index is 2.60. The molecule has 0 aromatic heterocycles. The van der Waals surface area contributed by atoms with Crippen molar-refractivity contribution in [3.63, 3.8) is 0 Å². The van der Waals surface area contributed by atoms with Gasteiger partial charge in [0.25, 0.3) is 5.91 Å². The van der Waals surface area contributed by atoms with Crippen LogP contribution in [0.5, 0.6) is 0 Å². The van der Waals surface area contributed by atoms with Gasteiger partial charge in [0.05, 0.1) is 13.7 Å². The first kappa shape index (κ1) is 14.2. The van der Waals surface area contributed by atoms with E-state index < -0.39 is 12.1 Å². The van der Waals surface area contributed by atoms with Crippen molar-refractivity contribution in [3.05, 3.63) is 34.9 Å². The number of aryl methyl sites for hydroxylation is 2. The van der Waals surface area contributed by atoms with Gasteiger partial charge in [-0.05, 0) is 37.1 Å². The van der Waals surface area contributed by atoms with Crippen molar-refractivity contribution in [2.75, 3.05) is 13.7 Å². The lowest BCUT2D eigenvalue weighted by Gasteiger charge is -2.10. The van der Waals surface area contributed by atoms with Gasteiger partial charge >= 0.3 is 5.97 Å². The molecule has 0 aliphatic rings. The maximum Gasteiger partial charge on any atom is 0.336 e. The van der Waals surface area contributed by atoms with Gasteiger partial charge in [0, 0.05) is 5.56 Å². The van der Waals surface area contributed by atoms with E-state index in [9.17, 15) is 14.7 Å². The van der Waals surface area contributed by atoms with Crippen molar-refractivity contribution in [1.82, 2.24) is 5.32 Å². The van der Waals surface area contributed by atoms with Gasteiger partial charge in [0.2, 0.25) is 0 Å². The molecular weight excluding hydrogens is 234 g/mol. The Morgan fingerprint density at radius 1 is 1.33 bits per heavy atom. The SMILES string of the molecule is COC(=O)C(O)CNC(=O)c1ccc(C)c(C)c1. The average molecular weight is 251 g/mol. The van der Waals surface area contributed by atoms with E-state index in [0.717, 1.165) is 11.1 Å². The molecule has 98 valence electrons. The average Bonchev–Trinajstić information content (AvgIpc) is 2.37. The summed E-state index contributed by atoms with van der Waals surface area (Å²) in [6.07, 6.45) is -1.34. The van der Waals surface area contributed by atoms with E-state index in [1.807, 2.05) is 19.9 Å². The number of carbonyl (C=O) groups is 2. The fraction of sp³-hybridized carbons (Fsp3) is 0.385. The van der Waals surface area contributed by atoms with Crippen molar-refractivity contribution in [1.29, 1.82) is 0 Å². The molecule has 1 atom stereocenters. The summed E-state index contributed by atoms with van der Waals surface area (Å²) in [6.45, 7) is 3.70. The Morgan fingerprint density at radius 3 is 2.56 bits per heavy atom. The van der Waals surface area contributed by atoms with Crippen molar-refractivity contribution in [3.8, 4) is 0 Å². The number of methoxy groups -OCH3 is 1. The van der Waals surface area contributed by atoms with Gasteiger partial charge in [-0.25, -0.2) is 4.79 Å². The topological polar surface area (TPSA) is 75.6 Å². The summed E-state index contributed by atoms with van der Waals surface area (Å²) in [7, 11) is 1.18. The van der Waals surface area contributed by atoms with Gasteiger partial charge in [0.1, 0.15) is 0 Å². The molecule has 0 saturated heterocycles. The zero-order valence-corrected chi connectivity index (χ0v) is 10.7. The molecule has 1 unspecified atom stereocenters. The number of hydrogen-bond acceptors (Lipinski definition) is 4. The minimum atomic E-state index is -1.34. The molecule has 0 saturated carbocycles. The molecule has 0 aliphatic heterocycles. The van der Waals surface area contributed by atoms with Crippen LogP contribution in [0, 0.1) is 13.8 Å². The number of hydrogen-bond donors (Lipinski definition) is 2. The van der Waals surface area contributed by atoms with Crippen LogP contribution in [0.3, 0.4) is 0 Å². The number of ether oxygens (including phenoxy) is 1. The minimum Gasteiger partial charge on any atom is -0.467 e. The second-order valence-electron chi connectivity index (χ2n) is 4.05. The van der Waals surface area contributed by atoms with E-state index in [2.05, 4.69) is 10.1 Å². The zero-order chi connectivity index (χ0) is 13.7. The molecule has 1 rings (SSSR count). The van der Waals surface area contributed by atoms with Gasteiger partial charge in [0.15, 0.2) is 6.10 Å². The Morgan fingerprint density at radius 2 is 2.00 bits per heavy atom. The van der Waals surface area contributed by atoms with Gasteiger partial charge < -0.3 is 15.2 Å². The number of rotatable bonds is 4. The normalized spacial score (nSPS) is 11.8. The van der Waals surface area contributed by atoms with Crippen LogP contribution in [-0.2, 0) is 9.53 Å². The van der Waals surface area contributed by atoms with Gasteiger partial charge in [-0.1, -0.05) is 6.07 Å². The molecule has 0 heterocycles. The number of esters is 1. The first-order valence-electron chi connectivity index (χ1n) is 5.57. The number of aliphatic hydroxyl groups excluding tert-OH is 1. The Labute approximate surface area is 106 Å². The van der Waals surface area contributed by atoms with Crippen LogP contribution in [0.4, 0.5) is 0 Å². The number of benzene rings is 1. The summed E-state index contributed by atoms with van der Waals surface area (Å²) >= 11 is 0. The summed E-state index contributed by atoms with van der Waals surface area (Å²) in [5.74, 6) is -1.10. The van der Waals surface area contributed by atoms with Crippen LogP contribution in [0.1, 0.15) is 21.5 Å². The lowest BCUT2D eigenvalue weighted by Crippen LogP contribution is -2.37. The molecule has 1 aromatic carbocycles. The van der Waals surface area contributed by atoms with Crippen molar-refractivity contribution < 1.29 is 19.4 Å². The van der Waals surface area contributed by atoms with Crippen molar-refractivity contribution >= 4 is 11.9 Å². The van der Waals surface area contributed by atoms with Crippen LogP contribution >= 0.6 is 0 Å². The summed E-state index contributed by atoms with van der Waals surface area (Å²) in [5, 5.41) is 11.8. The Kier molecular flexibility index (Phi) is 4.85. The molecule has 0 aliphatic carbocycles. The van der Waals surface area contributed by atoms with Crippen molar-refractivity contribution in [2.24, 2.45) is 0 Å².